The van der Waals surface area contributed by atoms with Crippen molar-refractivity contribution in [1.29, 1.82) is 0 Å². The zero-order valence-corrected chi connectivity index (χ0v) is 14.4. The summed E-state index contributed by atoms with van der Waals surface area (Å²) in [7, 11) is 0. The van der Waals surface area contributed by atoms with Gasteiger partial charge in [0.05, 0.1) is 12.5 Å². The van der Waals surface area contributed by atoms with E-state index in [4.69, 9.17) is 16.7 Å². The van der Waals surface area contributed by atoms with E-state index in [0.29, 0.717) is 13.0 Å². The smallest absolute Gasteiger partial charge is 0.306 e. The number of imidazole rings is 1. The molecule has 0 aliphatic heterocycles. The van der Waals surface area contributed by atoms with Crippen molar-refractivity contribution in [3.63, 3.8) is 0 Å². The predicted octanol–water partition coefficient (Wildman–Crippen LogP) is 4.19. The maximum absolute atomic E-state index is 11.2. The van der Waals surface area contributed by atoms with E-state index in [1.54, 1.807) is 13.1 Å². The summed E-state index contributed by atoms with van der Waals surface area (Å²) in [4.78, 5) is 15.7. The third kappa shape index (κ3) is 4.58. The lowest BCUT2D eigenvalue weighted by atomic mass is 10.1. The number of hydrogen-bond donors (Lipinski definition) is 1. The maximum Gasteiger partial charge on any atom is 0.306 e. The second kappa shape index (κ2) is 8.16. The van der Waals surface area contributed by atoms with E-state index in [2.05, 4.69) is 16.5 Å². The molecule has 1 heterocycles. The fraction of sp³-hybridized carbons (Fsp3) is 0.444. The molecule has 1 unspecified atom stereocenters. The Labute approximate surface area is 142 Å². The number of carboxylic acid groups (broad SMARTS) is 1. The molecule has 0 bridgehead atoms. The number of aliphatic carboxylic acids is 1. The molecule has 5 heteroatoms. The van der Waals surface area contributed by atoms with Gasteiger partial charge in [-0.3, -0.25) is 4.79 Å². The first-order valence-electron chi connectivity index (χ1n) is 8.02. The fourth-order valence-corrected chi connectivity index (χ4v) is 2.74. The van der Waals surface area contributed by atoms with Crippen molar-refractivity contribution in [2.24, 2.45) is 5.92 Å². The van der Waals surface area contributed by atoms with Gasteiger partial charge in [0.1, 0.15) is 5.82 Å². The monoisotopic (exact) mass is 334 g/mol. The highest BCUT2D eigenvalue weighted by atomic mass is 35.5. The van der Waals surface area contributed by atoms with Crippen LogP contribution in [0.3, 0.4) is 0 Å². The molecule has 0 radical (unpaired) electrons. The predicted molar refractivity (Wildman–Crippen MR) is 91.9 cm³/mol. The van der Waals surface area contributed by atoms with Gasteiger partial charge in [-0.15, -0.1) is 0 Å². The van der Waals surface area contributed by atoms with Crippen LogP contribution in [0.5, 0.6) is 0 Å². The van der Waals surface area contributed by atoms with Crippen LogP contribution in [0.1, 0.15) is 43.8 Å². The first-order valence-corrected chi connectivity index (χ1v) is 8.40. The molecule has 2 aromatic rings. The third-order valence-electron chi connectivity index (χ3n) is 4.00. The summed E-state index contributed by atoms with van der Waals surface area (Å²) in [5, 5.41) is 9.89. The van der Waals surface area contributed by atoms with Gasteiger partial charge in [-0.1, -0.05) is 50.1 Å². The van der Waals surface area contributed by atoms with Gasteiger partial charge in [-0.2, -0.15) is 0 Å². The van der Waals surface area contributed by atoms with Gasteiger partial charge in [-0.25, -0.2) is 4.98 Å². The SMILES string of the molecule is CCCCc1ncc(CC(C)C(=O)O)n1Cc1ccccc1Cl. The Morgan fingerprint density at radius 3 is 2.78 bits per heavy atom. The second-order valence-corrected chi connectivity index (χ2v) is 6.30. The molecular formula is C18H23ClN2O2. The fourth-order valence-electron chi connectivity index (χ4n) is 2.54. The van der Waals surface area contributed by atoms with Crippen LogP contribution in [0.4, 0.5) is 0 Å². The Balaban J connectivity index is 2.30. The molecule has 23 heavy (non-hydrogen) atoms. The maximum atomic E-state index is 11.2. The zero-order chi connectivity index (χ0) is 16.8. The minimum absolute atomic E-state index is 0.435. The summed E-state index contributed by atoms with van der Waals surface area (Å²) in [6.07, 6.45) is 5.33. The zero-order valence-electron chi connectivity index (χ0n) is 13.6. The van der Waals surface area contributed by atoms with E-state index in [-0.39, 0.29) is 0 Å². The molecule has 124 valence electrons. The van der Waals surface area contributed by atoms with Gasteiger partial charge < -0.3 is 9.67 Å². The molecule has 0 fully saturated rings. The highest BCUT2D eigenvalue weighted by Crippen LogP contribution is 2.20. The van der Waals surface area contributed by atoms with Gasteiger partial charge >= 0.3 is 5.97 Å². The lowest BCUT2D eigenvalue weighted by Crippen LogP contribution is -2.16. The number of unbranched alkanes of at least 4 members (excludes halogenated alkanes) is 1. The van der Waals surface area contributed by atoms with E-state index in [0.717, 1.165) is 41.4 Å². The molecule has 1 N–H and O–H groups in total. The van der Waals surface area contributed by atoms with Crippen molar-refractivity contribution < 1.29 is 9.90 Å². The molecule has 4 nitrogen and oxygen atoms in total. The van der Waals surface area contributed by atoms with Crippen molar-refractivity contribution in [3.05, 3.63) is 52.6 Å². The van der Waals surface area contributed by atoms with Crippen LogP contribution in [0.15, 0.2) is 30.5 Å². The van der Waals surface area contributed by atoms with Gasteiger partial charge in [0.15, 0.2) is 0 Å². The number of carboxylic acids is 1. The normalized spacial score (nSPS) is 12.3. The largest absolute Gasteiger partial charge is 0.481 e. The van der Waals surface area contributed by atoms with E-state index >= 15 is 0 Å². The van der Waals surface area contributed by atoms with E-state index < -0.39 is 11.9 Å². The van der Waals surface area contributed by atoms with Gasteiger partial charge in [0.25, 0.3) is 0 Å². The molecule has 0 saturated carbocycles. The Morgan fingerprint density at radius 2 is 2.13 bits per heavy atom. The number of benzene rings is 1. The summed E-state index contributed by atoms with van der Waals surface area (Å²) in [6, 6.07) is 7.74. The van der Waals surface area contributed by atoms with Crippen LogP contribution in [-0.2, 0) is 24.2 Å². The number of hydrogen-bond acceptors (Lipinski definition) is 2. The molecule has 0 amide bonds. The van der Waals surface area contributed by atoms with E-state index in [1.165, 1.54) is 0 Å². The molecule has 1 aromatic heterocycles. The van der Waals surface area contributed by atoms with Gasteiger partial charge in [0.2, 0.25) is 0 Å². The quantitative estimate of drug-likeness (QED) is 0.787. The van der Waals surface area contributed by atoms with Crippen LogP contribution in [0.25, 0.3) is 0 Å². The topological polar surface area (TPSA) is 55.1 Å². The summed E-state index contributed by atoms with van der Waals surface area (Å²) in [5.41, 5.74) is 1.97. The highest BCUT2D eigenvalue weighted by Gasteiger charge is 2.17. The number of halogens is 1. The Morgan fingerprint density at radius 1 is 1.39 bits per heavy atom. The molecule has 0 aliphatic rings. The Kier molecular flexibility index (Phi) is 6.22. The van der Waals surface area contributed by atoms with E-state index in [1.807, 2.05) is 24.3 Å². The highest BCUT2D eigenvalue weighted by molar-refractivity contribution is 6.31. The minimum atomic E-state index is -0.786. The Bertz CT molecular complexity index is 667. The summed E-state index contributed by atoms with van der Waals surface area (Å²) >= 11 is 6.28. The number of rotatable bonds is 8. The summed E-state index contributed by atoms with van der Waals surface area (Å²) in [5.74, 6) is -0.222. The first kappa shape index (κ1) is 17.5. The minimum Gasteiger partial charge on any atom is -0.481 e. The van der Waals surface area contributed by atoms with Gasteiger partial charge in [-0.05, 0) is 18.1 Å². The van der Waals surface area contributed by atoms with Crippen molar-refractivity contribution in [2.75, 3.05) is 0 Å². The van der Waals surface area contributed by atoms with Crippen molar-refractivity contribution in [1.82, 2.24) is 9.55 Å². The third-order valence-corrected chi connectivity index (χ3v) is 4.37. The van der Waals surface area contributed by atoms with Crippen LogP contribution < -0.4 is 0 Å². The lowest BCUT2D eigenvalue weighted by Gasteiger charge is -2.14. The molecule has 0 aliphatic carbocycles. The Hall–Kier alpha value is -1.81. The van der Waals surface area contributed by atoms with Crippen LogP contribution in [-0.4, -0.2) is 20.6 Å². The first-order chi connectivity index (χ1) is 11.0. The lowest BCUT2D eigenvalue weighted by molar-refractivity contribution is -0.141. The van der Waals surface area contributed by atoms with Crippen molar-refractivity contribution >= 4 is 17.6 Å². The summed E-state index contributed by atoms with van der Waals surface area (Å²) in [6.45, 7) is 4.50. The van der Waals surface area contributed by atoms with Crippen molar-refractivity contribution in [2.45, 2.75) is 46.1 Å². The van der Waals surface area contributed by atoms with Crippen LogP contribution >= 0.6 is 11.6 Å². The molecule has 2 rings (SSSR count). The molecular weight excluding hydrogens is 312 g/mol. The number of nitrogens with zero attached hydrogens (tertiary/aromatic N) is 2. The average molecular weight is 335 g/mol. The number of carbonyl (C=O) groups is 1. The second-order valence-electron chi connectivity index (χ2n) is 5.89. The van der Waals surface area contributed by atoms with E-state index in [9.17, 15) is 4.79 Å². The average Bonchev–Trinajstić information content (AvgIpc) is 2.89. The van der Waals surface area contributed by atoms with Gasteiger partial charge in [0, 0.05) is 29.8 Å². The molecule has 0 saturated heterocycles. The number of aromatic nitrogens is 2. The van der Waals surface area contributed by atoms with Crippen LogP contribution in [0, 0.1) is 5.92 Å². The van der Waals surface area contributed by atoms with Crippen LogP contribution in [0.2, 0.25) is 5.02 Å². The van der Waals surface area contributed by atoms with Crippen molar-refractivity contribution in [3.8, 4) is 0 Å². The summed E-state index contributed by atoms with van der Waals surface area (Å²) < 4.78 is 2.12. The molecule has 1 aromatic carbocycles. The molecule has 0 spiro atoms. The molecule has 1 atom stereocenters. The standard InChI is InChI=1S/C18H23ClN2O2/c1-3-4-9-17-20-11-15(10-13(2)18(22)23)21(17)12-14-7-5-6-8-16(14)19/h5-8,11,13H,3-4,9-10,12H2,1-2H3,(H,22,23). The number of aryl methyl sites for hydroxylation is 1.